The molecule has 1 N–H and O–H groups in total. The van der Waals surface area contributed by atoms with Gasteiger partial charge in [0.1, 0.15) is 5.75 Å². The topological polar surface area (TPSA) is 38.3 Å². The van der Waals surface area contributed by atoms with Crippen LogP contribution in [0.25, 0.3) is 10.8 Å². The van der Waals surface area contributed by atoms with Gasteiger partial charge in [-0.15, -0.1) is 0 Å². The molecule has 2 aliphatic rings. The van der Waals surface area contributed by atoms with Crippen LogP contribution in [0, 0.1) is 11.8 Å². The second-order valence-corrected chi connectivity index (χ2v) is 7.31. The summed E-state index contributed by atoms with van der Waals surface area (Å²) in [5.41, 5.74) is 0. The maximum atomic E-state index is 12.6. The zero-order valence-corrected chi connectivity index (χ0v) is 14.2. The molecule has 0 aliphatic heterocycles. The molecule has 0 spiro atoms. The molecule has 0 heterocycles. The van der Waals surface area contributed by atoms with Crippen molar-refractivity contribution < 1.29 is 9.53 Å². The van der Waals surface area contributed by atoms with Crippen molar-refractivity contribution in [3.8, 4) is 5.75 Å². The Kier molecular flexibility index (Phi) is 4.17. The van der Waals surface area contributed by atoms with Gasteiger partial charge in [-0.05, 0) is 60.4 Å². The maximum Gasteiger partial charge on any atom is 0.261 e. The molecule has 2 aromatic carbocycles. The molecular formula is C21H25NO2. The van der Waals surface area contributed by atoms with E-state index in [1.165, 1.54) is 24.6 Å². The lowest BCUT2D eigenvalue weighted by Crippen LogP contribution is -2.45. The van der Waals surface area contributed by atoms with Crippen LogP contribution in [0.1, 0.15) is 39.0 Å². The van der Waals surface area contributed by atoms with Gasteiger partial charge in [0.2, 0.25) is 0 Å². The Morgan fingerprint density at radius 2 is 2.00 bits per heavy atom. The van der Waals surface area contributed by atoms with Gasteiger partial charge in [-0.3, -0.25) is 4.79 Å². The van der Waals surface area contributed by atoms with Gasteiger partial charge < -0.3 is 10.1 Å². The van der Waals surface area contributed by atoms with Gasteiger partial charge in [0.25, 0.3) is 5.91 Å². The quantitative estimate of drug-likeness (QED) is 0.891. The van der Waals surface area contributed by atoms with E-state index in [1.54, 1.807) is 0 Å². The largest absolute Gasteiger partial charge is 0.481 e. The van der Waals surface area contributed by atoms with E-state index in [-0.39, 0.29) is 5.91 Å². The van der Waals surface area contributed by atoms with Gasteiger partial charge in [0.15, 0.2) is 6.10 Å². The minimum atomic E-state index is -0.412. The average Bonchev–Trinajstić information content (AvgIpc) is 3.22. The predicted molar refractivity (Wildman–Crippen MR) is 96.0 cm³/mol. The summed E-state index contributed by atoms with van der Waals surface area (Å²) in [6, 6.07) is 14.6. The van der Waals surface area contributed by atoms with Crippen molar-refractivity contribution in [3.05, 3.63) is 42.5 Å². The lowest BCUT2D eigenvalue weighted by molar-refractivity contribution is -0.129. The standard InChI is InChI=1S/C21H25NO2/c1-2-20(21(23)22-19-12-14-7-8-17(19)11-14)24-18-10-9-15-5-3-4-6-16(15)13-18/h3-6,9-10,13-14,17,19-20H,2,7-8,11-12H2,1H3,(H,22,23)/t14-,17-,19+,20+/m1/s1. The molecule has 2 bridgehead atoms. The molecule has 0 aromatic heterocycles. The third kappa shape index (κ3) is 3.00. The van der Waals surface area contributed by atoms with E-state index in [0.717, 1.165) is 23.5 Å². The highest BCUT2D eigenvalue weighted by atomic mass is 16.5. The second-order valence-electron chi connectivity index (χ2n) is 7.31. The van der Waals surface area contributed by atoms with E-state index in [4.69, 9.17) is 4.74 Å². The molecule has 2 saturated carbocycles. The Morgan fingerprint density at radius 1 is 1.17 bits per heavy atom. The van der Waals surface area contributed by atoms with Crippen molar-refractivity contribution in [3.63, 3.8) is 0 Å². The Morgan fingerprint density at radius 3 is 2.71 bits per heavy atom. The Bertz CT molecular complexity index is 741. The molecule has 2 aliphatic carbocycles. The number of nitrogens with one attached hydrogen (secondary N) is 1. The smallest absolute Gasteiger partial charge is 0.261 e. The summed E-state index contributed by atoms with van der Waals surface area (Å²) < 4.78 is 6.01. The Balaban J connectivity index is 1.43. The van der Waals surface area contributed by atoms with Crippen molar-refractivity contribution in [1.82, 2.24) is 5.32 Å². The van der Waals surface area contributed by atoms with Crippen molar-refractivity contribution in [2.45, 2.75) is 51.2 Å². The van der Waals surface area contributed by atoms with Crippen LogP contribution in [-0.2, 0) is 4.79 Å². The van der Waals surface area contributed by atoms with Gasteiger partial charge in [0.05, 0.1) is 0 Å². The molecule has 0 saturated heterocycles. The third-order valence-corrected chi connectivity index (χ3v) is 5.73. The summed E-state index contributed by atoms with van der Waals surface area (Å²) in [5, 5.41) is 5.58. The van der Waals surface area contributed by atoms with Crippen LogP contribution < -0.4 is 10.1 Å². The number of ether oxygens (including phenoxy) is 1. The first-order valence-electron chi connectivity index (χ1n) is 9.18. The lowest BCUT2D eigenvalue weighted by atomic mass is 9.95. The maximum absolute atomic E-state index is 12.6. The summed E-state index contributed by atoms with van der Waals surface area (Å²) in [4.78, 5) is 12.6. The summed E-state index contributed by atoms with van der Waals surface area (Å²) in [7, 11) is 0. The van der Waals surface area contributed by atoms with E-state index in [1.807, 2.05) is 37.3 Å². The van der Waals surface area contributed by atoms with Gasteiger partial charge in [-0.1, -0.05) is 43.7 Å². The van der Waals surface area contributed by atoms with Crippen LogP contribution in [0.15, 0.2) is 42.5 Å². The van der Waals surface area contributed by atoms with E-state index >= 15 is 0 Å². The van der Waals surface area contributed by atoms with Crippen LogP contribution in [0.5, 0.6) is 5.75 Å². The molecule has 2 aromatic rings. The number of amides is 1. The molecule has 0 unspecified atom stereocenters. The number of carbonyl (C=O) groups excluding carboxylic acids is 1. The molecule has 1 amide bonds. The number of fused-ring (bicyclic) bond motifs is 3. The van der Waals surface area contributed by atoms with Crippen LogP contribution in [-0.4, -0.2) is 18.1 Å². The normalized spacial score (nSPS) is 26.5. The van der Waals surface area contributed by atoms with Crippen molar-refractivity contribution >= 4 is 16.7 Å². The van der Waals surface area contributed by atoms with Crippen LogP contribution in [0.4, 0.5) is 0 Å². The first kappa shape index (κ1) is 15.5. The molecule has 3 nitrogen and oxygen atoms in total. The Labute approximate surface area is 143 Å². The lowest BCUT2D eigenvalue weighted by Gasteiger charge is -2.25. The third-order valence-electron chi connectivity index (χ3n) is 5.73. The van der Waals surface area contributed by atoms with Gasteiger partial charge >= 0.3 is 0 Å². The van der Waals surface area contributed by atoms with Crippen molar-refractivity contribution in [2.24, 2.45) is 11.8 Å². The molecule has 4 atom stereocenters. The van der Waals surface area contributed by atoms with Crippen molar-refractivity contribution in [1.29, 1.82) is 0 Å². The minimum absolute atomic E-state index is 0.0446. The number of hydrogen-bond acceptors (Lipinski definition) is 2. The van der Waals surface area contributed by atoms with Crippen molar-refractivity contribution in [2.75, 3.05) is 0 Å². The highest BCUT2D eigenvalue weighted by Gasteiger charge is 2.40. The highest BCUT2D eigenvalue weighted by Crippen LogP contribution is 2.44. The monoisotopic (exact) mass is 323 g/mol. The molecule has 3 heteroatoms. The molecular weight excluding hydrogens is 298 g/mol. The zero-order valence-electron chi connectivity index (χ0n) is 14.2. The van der Waals surface area contributed by atoms with Gasteiger partial charge in [0, 0.05) is 6.04 Å². The fraction of sp³-hybridized carbons (Fsp3) is 0.476. The predicted octanol–water partition coefficient (Wildman–Crippen LogP) is 4.30. The van der Waals surface area contributed by atoms with E-state index in [2.05, 4.69) is 17.4 Å². The summed E-state index contributed by atoms with van der Waals surface area (Å²) in [6.45, 7) is 2.01. The summed E-state index contributed by atoms with van der Waals surface area (Å²) >= 11 is 0. The van der Waals surface area contributed by atoms with Gasteiger partial charge in [-0.25, -0.2) is 0 Å². The average molecular weight is 323 g/mol. The fourth-order valence-electron chi connectivity index (χ4n) is 4.42. The summed E-state index contributed by atoms with van der Waals surface area (Å²) in [6.07, 6.45) is 5.35. The molecule has 126 valence electrons. The van der Waals surface area contributed by atoms with Crippen LogP contribution >= 0.6 is 0 Å². The molecule has 24 heavy (non-hydrogen) atoms. The zero-order chi connectivity index (χ0) is 16.5. The molecule has 2 fully saturated rings. The second kappa shape index (κ2) is 6.46. The number of benzene rings is 2. The molecule has 0 radical (unpaired) electrons. The van der Waals surface area contributed by atoms with Crippen LogP contribution in [0.2, 0.25) is 0 Å². The SMILES string of the molecule is CC[C@H](Oc1ccc2ccccc2c1)C(=O)N[C@H]1C[C@@H]2CC[C@@H]1C2. The first-order chi connectivity index (χ1) is 11.7. The van der Waals surface area contributed by atoms with Gasteiger partial charge in [-0.2, -0.15) is 0 Å². The van der Waals surface area contributed by atoms with E-state index < -0.39 is 6.10 Å². The summed E-state index contributed by atoms with van der Waals surface area (Å²) in [5.74, 6) is 2.34. The number of carbonyl (C=O) groups is 1. The highest BCUT2D eigenvalue weighted by molar-refractivity contribution is 5.84. The van der Waals surface area contributed by atoms with Crippen LogP contribution in [0.3, 0.4) is 0 Å². The Hall–Kier alpha value is -2.03. The minimum Gasteiger partial charge on any atom is -0.481 e. The fourth-order valence-corrected chi connectivity index (χ4v) is 4.42. The number of rotatable bonds is 5. The first-order valence-corrected chi connectivity index (χ1v) is 9.18. The molecule has 4 rings (SSSR count). The number of hydrogen-bond donors (Lipinski definition) is 1. The van der Waals surface area contributed by atoms with E-state index in [0.29, 0.717) is 18.4 Å². The van der Waals surface area contributed by atoms with E-state index in [9.17, 15) is 4.79 Å².